The van der Waals surface area contributed by atoms with Crippen LogP contribution in [0.25, 0.3) is 0 Å². The summed E-state index contributed by atoms with van der Waals surface area (Å²) in [6.45, 7) is 6.00. The van der Waals surface area contributed by atoms with Gasteiger partial charge in [-0.25, -0.2) is 4.39 Å². The number of ketones is 1. The van der Waals surface area contributed by atoms with Crippen LogP contribution in [0.15, 0.2) is 90.8 Å². The number of benzene rings is 3. The number of rotatable bonds is 5. The highest BCUT2D eigenvalue weighted by Crippen LogP contribution is 2.27. The fourth-order valence-corrected chi connectivity index (χ4v) is 3.45. The number of hydrogen-bond donors (Lipinski definition) is 0. The Hall–Kier alpha value is -2.36. The third kappa shape index (κ3) is 5.07. The monoisotopic (exact) mass is 384 g/mol. The lowest BCUT2D eigenvalue weighted by atomic mass is 9.99. The molecule has 3 aromatic rings. The standard InChI is InChI=1S/C20H14ClFOS.C2H4/c21-15-11-10-14(13-24-16-6-2-1-3-7-16)18(12-15)20(23)17-8-4-5-9-19(17)22;1-2/h1-12H,13H2;1-2H2. The summed E-state index contributed by atoms with van der Waals surface area (Å²) in [6.07, 6.45) is 0. The van der Waals surface area contributed by atoms with E-state index in [1.807, 2.05) is 36.4 Å². The van der Waals surface area contributed by atoms with Crippen LogP contribution in [0.4, 0.5) is 4.39 Å². The Balaban J connectivity index is 0.00000117. The lowest BCUT2D eigenvalue weighted by Crippen LogP contribution is -2.07. The van der Waals surface area contributed by atoms with E-state index in [1.54, 1.807) is 36.0 Å². The van der Waals surface area contributed by atoms with Crippen LogP contribution in [-0.2, 0) is 5.75 Å². The second-order valence-electron chi connectivity index (χ2n) is 5.21. The van der Waals surface area contributed by atoms with Gasteiger partial charge in [0.15, 0.2) is 5.78 Å². The summed E-state index contributed by atoms with van der Waals surface area (Å²) >= 11 is 7.67. The van der Waals surface area contributed by atoms with Gasteiger partial charge in [-0.2, -0.15) is 0 Å². The largest absolute Gasteiger partial charge is 0.288 e. The van der Waals surface area contributed by atoms with Crippen LogP contribution in [0.2, 0.25) is 5.02 Å². The first-order valence-corrected chi connectivity index (χ1v) is 9.27. The van der Waals surface area contributed by atoms with Crippen molar-refractivity contribution >= 4 is 29.1 Å². The zero-order valence-corrected chi connectivity index (χ0v) is 15.7. The highest BCUT2D eigenvalue weighted by atomic mass is 35.5. The van der Waals surface area contributed by atoms with Crippen LogP contribution < -0.4 is 0 Å². The van der Waals surface area contributed by atoms with E-state index in [0.717, 1.165) is 10.5 Å². The number of carbonyl (C=O) groups excluding carboxylic acids is 1. The van der Waals surface area contributed by atoms with E-state index in [9.17, 15) is 9.18 Å². The molecule has 0 fully saturated rings. The minimum absolute atomic E-state index is 0.0609. The van der Waals surface area contributed by atoms with E-state index in [2.05, 4.69) is 13.2 Å². The molecule has 132 valence electrons. The highest BCUT2D eigenvalue weighted by Gasteiger charge is 2.17. The van der Waals surface area contributed by atoms with Gasteiger partial charge in [0.2, 0.25) is 0 Å². The van der Waals surface area contributed by atoms with Gasteiger partial charge in [0, 0.05) is 21.2 Å². The molecule has 0 bridgehead atoms. The molecule has 0 aromatic heterocycles. The maximum atomic E-state index is 13.9. The quantitative estimate of drug-likeness (QED) is 0.273. The van der Waals surface area contributed by atoms with Crippen LogP contribution in [0.5, 0.6) is 0 Å². The first-order chi connectivity index (χ1) is 12.6. The van der Waals surface area contributed by atoms with Gasteiger partial charge in [-0.3, -0.25) is 4.79 Å². The molecule has 0 radical (unpaired) electrons. The van der Waals surface area contributed by atoms with Crippen LogP contribution in [0, 0.1) is 5.82 Å². The van der Waals surface area contributed by atoms with Gasteiger partial charge in [-0.15, -0.1) is 24.9 Å². The summed E-state index contributed by atoms with van der Waals surface area (Å²) in [6, 6.07) is 21.1. The number of carbonyl (C=O) groups is 1. The Kier molecular flexibility index (Phi) is 7.64. The smallest absolute Gasteiger partial charge is 0.196 e. The van der Waals surface area contributed by atoms with E-state index >= 15 is 0 Å². The van der Waals surface area contributed by atoms with Crippen LogP contribution >= 0.6 is 23.4 Å². The Morgan fingerprint density at radius 1 is 0.923 bits per heavy atom. The summed E-state index contributed by atoms with van der Waals surface area (Å²) in [7, 11) is 0. The Morgan fingerprint density at radius 3 is 2.27 bits per heavy atom. The summed E-state index contributed by atoms with van der Waals surface area (Å²) < 4.78 is 13.9. The Labute approximate surface area is 162 Å². The van der Waals surface area contributed by atoms with Crippen molar-refractivity contribution in [3.8, 4) is 0 Å². The van der Waals surface area contributed by atoms with Crippen molar-refractivity contribution < 1.29 is 9.18 Å². The molecule has 0 unspecified atom stereocenters. The molecule has 26 heavy (non-hydrogen) atoms. The van der Waals surface area contributed by atoms with Crippen LogP contribution in [-0.4, -0.2) is 5.78 Å². The maximum absolute atomic E-state index is 13.9. The summed E-state index contributed by atoms with van der Waals surface area (Å²) in [5.41, 5.74) is 1.34. The van der Waals surface area contributed by atoms with Crippen LogP contribution in [0.3, 0.4) is 0 Å². The highest BCUT2D eigenvalue weighted by molar-refractivity contribution is 7.98. The topological polar surface area (TPSA) is 17.1 Å². The van der Waals surface area contributed by atoms with Crippen molar-refractivity contribution in [2.75, 3.05) is 0 Å². The molecule has 0 heterocycles. The molecule has 0 amide bonds. The van der Waals surface area contributed by atoms with Crippen LogP contribution in [0.1, 0.15) is 21.5 Å². The van der Waals surface area contributed by atoms with E-state index in [-0.39, 0.29) is 11.3 Å². The molecule has 0 N–H and O–H groups in total. The van der Waals surface area contributed by atoms with Crippen molar-refractivity contribution in [1.82, 2.24) is 0 Å². The summed E-state index contributed by atoms with van der Waals surface area (Å²) in [5.74, 6) is -0.264. The fourth-order valence-electron chi connectivity index (χ4n) is 2.35. The van der Waals surface area contributed by atoms with E-state index in [1.165, 1.54) is 12.1 Å². The Morgan fingerprint density at radius 2 is 1.58 bits per heavy atom. The lowest BCUT2D eigenvalue weighted by molar-refractivity contribution is 0.103. The van der Waals surface area contributed by atoms with Gasteiger partial charge >= 0.3 is 0 Å². The molecule has 1 nitrogen and oxygen atoms in total. The first kappa shape index (κ1) is 20.0. The van der Waals surface area contributed by atoms with Gasteiger partial charge in [0.05, 0.1) is 5.56 Å². The average Bonchev–Trinajstić information content (AvgIpc) is 2.69. The molecule has 0 aliphatic rings. The molecular formula is C22H18ClFOS. The van der Waals surface area contributed by atoms with Crippen molar-refractivity contribution in [1.29, 1.82) is 0 Å². The predicted molar refractivity (Wildman–Crippen MR) is 109 cm³/mol. The predicted octanol–water partition coefficient (Wildman–Crippen LogP) is 6.80. The van der Waals surface area contributed by atoms with Gasteiger partial charge in [0.25, 0.3) is 0 Å². The maximum Gasteiger partial charge on any atom is 0.196 e. The molecular weight excluding hydrogens is 367 g/mol. The third-order valence-corrected chi connectivity index (χ3v) is 4.87. The molecule has 0 saturated heterocycles. The number of thioether (sulfide) groups is 1. The third-order valence-electron chi connectivity index (χ3n) is 3.57. The molecule has 0 spiro atoms. The molecule has 4 heteroatoms. The zero-order valence-electron chi connectivity index (χ0n) is 14.1. The van der Waals surface area contributed by atoms with Crippen molar-refractivity contribution in [3.63, 3.8) is 0 Å². The van der Waals surface area contributed by atoms with Gasteiger partial charge in [-0.05, 0) is 42.0 Å². The summed E-state index contributed by atoms with van der Waals surface area (Å²) in [5, 5.41) is 0.461. The minimum Gasteiger partial charge on any atom is -0.288 e. The number of hydrogen-bond acceptors (Lipinski definition) is 2. The fraction of sp³-hybridized carbons (Fsp3) is 0.0455. The second kappa shape index (κ2) is 9.95. The average molecular weight is 385 g/mol. The van der Waals surface area contributed by atoms with Gasteiger partial charge < -0.3 is 0 Å². The molecule has 0 aliphatic heterocycles. The molecule has 0 saturated carbocycles. The summed E-state index contributed by atoms with van der Waals surface area (Å²) in [4.78, 5) is 13.9. The number of halogens is 2. The van der Waals surface area contributed by atoms with E-state index in [0.29, 0.717) is 16.3 Å². The van der Waals surface area contributed by atoms with Gasteiger partial charge in [-0.1, -0.05) is 48.0 Å². The molecule has 3 rings (SSSR count). The van der Waals surface area contributed by atoms with Crippen molar-refractivity contribution in [2.45, 2.75) is 10.6 Å². The van der Waals surface area contributed by atoms with Crippen molar-refractivity contribution in [2.24, 2.45) is 0 Å². The van der Waals surface area contributed by atoms with E-state index in [4.69, 9.17) is 11.6 Å². The van der Waals surface area contributed by atoms with Gasteiger partial charge in [0.1, 0.15) is 5.82 Å². The Bertz CT molecular complexity index is 880. The van der Waals surface area contributed by atoms with E-state index < -0.39 is 5.82 Å². The lowest BCUT2D eigenvalue weighted by Gasteiger charge is -2.10. The molecule has 0 atom stereocenters. The van der Waals surface area contributed by atoms with Crippen molar-refractivity contribution in [3.05, 3.63) is 113 Å². The second-order valence-corrected chi connectivity index (χ2v) is 6.70. The molecule has 0 aliphatic carbocycles. The SMILES string of the molecule is C=C.O=C(c1ccccc1F)c1cc(Cl)ccc1CSc1ccccc1. The minimum atomic E-state index is -0.524. The zero-order chi connectivity index (χ0) is 18.9. The normalized spacial score (nSPS) is 9.92. The molecule has 3 aromatic carbocycles. The first-order valence-electron chi connectivity index (χ1n) is 7.90.